The summed E-state index contributed by atoms with van der Waals surface area (Å²) in [6.45, 7) is -2.84. The number of nitrogens with two attached hydrogens (primary N) is 1. The summed E-state index contributed by atoms with van der Waals surface area (Å²) in [5.74, 6) is 0.105. The molecule has 2 aromatic rings. The van der Waals surface area contributed by atoms with Crippen molar-refractivity contribution in [3.63, 3.8) is 0 Å². The molecule has 0 aliphatic rings. The molecule has 0 bridgehead atoms. The molecule has 0 aliphatic carbocycles. The molecule has 2 nitrogen and oxygen atoms in total. The van der Waals surface area contributed by atoms with E-state index in [1.165, 1.54) is 23.5 Å². The van der Waals surface area contributed by atoms with Gasteiger partial charge in [-0.3, -0.25) is 0 Å². The van der Waals surface area contributed by atoms with E-state index < -0.39 is 12.7 Å². The molecule has 1 unspecified atom stereocenters. The van der Waals surface area contributed by atoms with E-state index in [0.29, 0.717) is 5.56 Å². The summed E-state index contributed by atoms with van der Waals surface area (Å²) in [6, 6.07) is 7.91. The van der Waals surface area contributed by atoms with Crippen molar-refractivity contribution in [2.24, 2.45) is 5.73 Å². The molecule has 1 atom stereocenters. The predicted octanol–water partition coefficient (Wildman–Crippen LogP) is 4.92. The highest BCUT2D eigenvalue weighted by molar-refractivity contribution is 9.12. The van der Waals surface area contributed by atoms with Crippen LogP contribution in [-0.4, -0.2) is 6.61 Å². The predicted molar refractivity (Wildman–Crippen MR) is 78.8 cm³/mol. The Morgan fingerprint density at radius 1 is 1.21 bits per heavy atom. The summed E-state index contributed by atoms with van der Waals surface area (Å²) in [7, 11) is 0. The van der Waals surface area contributed by atoms with Gasteiger partial charge in [-0.05, 0) is 61.2 Å². The first-order valence-corrected chi connectivity index (χ1v) is 7.62. The highest BCUT2D eigenvalue weighted by Crippen LogP contribution is 2.37. The standard InChI is InChI=1S/C12H9Br2F2NOS/c13-9-5-8(11(14)19-9)10(17)6-2-1-3-7(4-6)18-12(15)16/h1-5,10,12H,17H2. The SMILES string of the molecule is NC(c1cccc(OC(F)F)c1)c1cc(Br)sc1Br. The largest absolute Gasteiger partial charge is 0.435 e. The van der Waals surface area contributed by atoms with Gasteiger partial charge in [-0.1, -0.05) is 12.1 Å². The average Bonchev–Trinajstić information content (AvgIpc) is 2.67. The smallest absolute Gasteiger partial charge is 0.387 e. The molecule has 0 fully saturated rings. The van der Waals surface area contributed by atoms with E-state index >= 15 is 0 Å². The van der Waals surface area contributed by atoms with Gasteiger partial charge in [-0.25, -0.2) is 0 Å². The van der Waals surface area contributed by atoms with Crippen molar-refractivity contribution in [3.05, 3.63) is 49.0 Å². The fourth-order valence-electron chi connectivity index (χ4n) is 1.63. The molecule has 0 saturated carbocycles. The molecule has 0 radical (unpaired) electrons. The van der Waals surface area contributed by atoms with Gasteiger partial charge in [0.2, 0.25) is 0 Å². The normalized spacial score (nSPS) is 12.7. The van der Waals surface area contributed by atoms with Gasteiger partial charge < -0.3 is 10.5 Å². The second-order valence-corrected chi connectivity index (χ2v) is 7.46. The molecule has 2 rings (SSSR count). The van der Waals surface area contributed by atoms with E-state index in [1.807, 2.05) is 6.07 Å². The Morgan fingerprint density at radius 2 is 1.95 bits per heavy atom. The first-order valence-electron chi connectivity index (χ1n) is 5.22. The first-order chi connectivity index (χ1) is 8.97. The number of rotatable bonds is 4. The summed E-state index contributed by atoms with van der Waals surface area (Å²) in [5, 5.41) is 0. The van der Waals surface area contributed by atoms with Gasteiger partial charge in [0.05, 0.1) is 13.6 Å². The van der Waals surface area contributed by atoms with Crippen molar-refractivity contribution < 1.29 is 13.5 Å². The fraction of sp³-hybridized carbons (Fsp3) is 0.167. The maximum absolute atomic E-state index is 12.2. The zero-order valence-electron chi connectivity index (χ0n) is 9.45. The summed E-state index contributed by atoms with van der Waals surface area (Å²) in [5.41, 5.74) is 7.75. The number of hydrogen-bond donors (Lipinski definition) is 1. The minimum absolute atomic E-state index is 0.105. The number of ether oxygens (including phenoxy) is 1. The van der Waals surface area contributed by atoms with Gasteiger partial charge in [0.25, 0.3) is 0 Å². The third-order valence-electron chi connectivity index (χ3n) is 2.46. The van der Waals surface area contributed by atoms with E-state index in [4.69, 9.17) is 5.73 Å². The number of halogens is 4. The van der Waals surface area contributed by atoms with Crippen molar-refractivity contribution in [3.8, 4) is 5.75 Å². The molecule has 0 amide bonds. The van der Waals surface area contributed by atoms with Crippen LogP contribution in [0.15, 0.2) is 37.9 Å². The summed E-state index contributed by atoms with van der Waals surface area (Å²) in [6.07, 6.45) is 0. The van der Waals surface area contributed by atoms with Crippen molar-refractivity contribution in [2.75, 3.05) is 0 Å². The van der Waals surface area contributed by atoms with E-state index in [1.54, 1.807) is 12.1 Å². The lowest BCUT2D eigenvalue weighted by Gasteiger charge is -2.13. The Morgan fingerprint density at radius 3 is 2.53 bits per heavy atom. The third-order valence-corrected chi connectivity index (χ3v) is 4.85. The second-order valence-electron chi connectivity index (χ2n) is 3.71. The number of hydrogen-bond acceptors (Lipinski definition) is 3. The van der Waals surface area contributed by atoms with Crippen molar-refractivity contribution in [2.45, 2.75) is 12.7 Å². The minimum Gasteiger partial charge on any atom is -0.435 e. The Hall–Kier alpha value is -0.500. The Labute approximate surface area is 129 Å². The number of thiophene rings is 1. The molecule has 0 saturated heterocycles. The lowest BCUT2D eigenvalue weighted by Crippen LogP contribution is -2.12. The molecule has 0 aliphatic heterocycles. The van der Waals surface area contributed by atoms with Gasteiger partial charge in [-0.2, -0.15) is 8.78 Å². The summed E-state index contributed by atoms with van der Waals surface area (Å²) >= 11 is 8.32. The van der Waals surface area contributed by atoms with Gasteiger partial charge in [0.15, 0.2) is 0 Å². The van der Waals surface area contributed by atoms with Crippen LogP contribution < -0.4 is 10.5 Å². The van der Waals surface area contributed by atoms with Crippen molar-refractivity contribution in [1.29, 1.82) is 0 Å². The van der Waals surface area contributed by atoms with Crippen molar-refractivity contribution in [1.82, 2.24) is 0 Å². The fourth-order valence-corrected chi connectivity index (χ4v) is 4.56. The lowest BCUT2D eigenvalue weighted by atomic mass is 10.0. The molecule has 1 heterocycles. The van der Waals surface area contributed by atoms with Crippen LogP contribution in [0.3, 0.4) is 0 Å². The minimum atomic E-state index is -2.84. The molecular weight excluding hydrogens is 404 g/mol. The highest BCUT2D eigenvalue weighted by atomic mass is 79.9. The Bertz CT molecular complexity index is 577. The zero-order chi connectivity index (χ0) is 14.0. The van der Waals surface area contributed by atoms with Crippen LogP contribution in [0.2, 0.25) is 0 Å². The molecule has 19 heavy (non-hydrogen) atoms. The van der Waals surface area contributed by atoms with Crippen LogP contribution >= 0.6 is 43.2 Å². The van der Waals surface area contributed by atoms with Crippen LogP contribution in [0.4, 0.5) is 8.78 Å². The van der Waals surface area contributed by atoms with E-state index in [0.717, 1.165) is 13.1 Å². The summed E-state index contributed by atoms with van der Waals surface area (Å²) in [4.78, 5) is 0. The molecule has 0 spiro atoms. The number of alkyl halides is 2. The molecule has 102 valence electrons. The molecule has 1 aromatic carbocycles. The molecule has 2 N–H and O–H groups in total. The summed E-state index contributed by atoms with van der Waals surface area (Å²) < 4.78 is 30.6. The zero-order valence-corrected chi connectivity index (χ0v) is 13.4. The number of benzene rings is 1. The van der Waals surface area contributed by atoms with Crippen LogP contribution in [0, 0.1) is 0 Å². The Balaban J connectivity index is 2.28. The Kier molecular flexibility index (Phi) is 4.94. The van der Waals surface area contributed by atoms with Gasteiger partial charge in [-0.15, -0.1) is 11.3 Å². The van der Waals surface area contributed by atoms with E-state index in [9.17, 15) is 8.78 Å². The molecule has 7 heteroatoms. The maximum Gasteiger partial charge on any atom is 0.387 e. The van der Waals surface area contributed by atoms with E-state index in [2.05, 4.69) is 36.6 Å². The lowest BCUT2D eigenvalue weighted by molar-refractivity contribution is -0.0498. The van der Waals surface area contributed by atoms with E-state index in [-0.39, 0.29) is 5.75 Å². The maximum atomic E-state index is 12.2. The first kappa shape index (κ1) is 14.9. The third kappa shape index (κ3) is 3.75. The van der Waals surface area contributed by atoms with Crippen molar-refractivity contribution >= 4 is 43.2 Å². The van der Waals surface area contributed by atoms with Crippen LogP contribution in [-0.2, 0) is 0 Å². The molecular formula is C12H9Br2F2NOS. The van der Waals surface area contributed by atoms with Crippen LogP contribution in [0.25, 0.3) is 0 Å². The average molecular weight is 413 g/mol. The monoisotopic (exact) mass is 411 g/mol. The quantitative estimate of drug-likeness (QED) is 0.773. The van der Waals surface area contributed by atoms with Gasteiger partial charge in [0, 0.05) is 0 Å². The van der Waals surface area contributed by atoms with Crippen LogP contribution in [0.5, 0.6) is 5.75 Å². The van der Waals surface area contributed by atoms with Gasteiger partial charge >= 0.3 is 6.61 Å². The highest BCUT2D eigenvalue weighted by Gasteiger charge is 2.16. The van der Waals surface area contributed by atoms with Gasteiger partial charge in [0.1, 0.15) is 5.75 Å². The topological polar surface area (TPSA) is 35.2 Å². The van der Waals surface area contributed by atoms with Crippen LogP contribution in [0.1, 0.15) is 17.2 Å². The second kappa shape index (κ2) is 6.30. The molecule has 1 aromatic heterocycles.